The first-order chi connectivity index (χ1) is 10.6. The number of esters is 2. The number of rotatable bonds is 9. The molecule has 0 aliphatic heterocycles. The van der Waals surface area contributed by atoms with Crippen molar-refractivity contribution in [3.05, 3.63) is 48.0 Å². The predicted octanol–water partition coefficient (Wildman–Crippen LogP) is 3.55. The summed E-state index contributed by atoms with van der Waals surface area (Å²) < 4.78 is 10.1. The number of carbonyl (C=O) groups is 2. The van der Waals surface area contributed by atoms with Crippen molar-refractivity contribution in [1.29, 1.82) is 0 Å². The van der Waals surface area contributed by atoms with Crippen LogP contribution in [0.4, 0.5) is 0 Å². The van der Waals surface area contributed by atoms with Gasteiger partial charge in [-0.05, 0) is 50.8 Å². The first-order valence-electron chi connectivity index (χ1n) is 7.65. The van der Waals surface area contributed by atoms with E-state index in [2.05, 4.69) is 6.58 Å². The monoisotopic (exact) mass is 304 g/mol. The van der Waals surface area contributed by atoms with Gasteiger partial charge in [0.05, 0.1) is 24.7 Å². The molecule has 1 unspecified atom stereocenters. The lowest BCUT2D eigenvalue weighted by molar-refractivity contribution is -0.148. The molecule has 0 amide bonds. The molecule has 1 aromatic carbocycles. The van der Waals surface area contributed by atoms with E-state index in [4.69, 9.17) is 9.47 Å². The van der Waals surface area contributed by atoms with E-state index in [1.807, 2.05) is 12.1 Å². The molecule has 1 atom stereocenters. The number of allylic oxidation sites excluding steroid dienone is 1. The molecule has 1 aromatic rings. The van der Waals surface area contributed by atoms with Crippen molar-refractivity contribution in [1.82, 2.24) is 0 Å². The predicted molar refractivity (Wildman–Crippen MR) is 85.7 cm³/mol. The molecule has 4 nitrogen and oxygen atoms in total. The molecule has 0 saturated carbocycles. The van der Waals surface area contributed by atoms with Gasteiger partial charge in [-0.25, -0.2) is 4.79 Å². The molecule has 0 N–H and O–H groups in total. The number of hydrogen-bond acceptors (Lipinski definition) is 4. The second-order valence-corrected chi connectivity index (χ2v) is 4.94. The fourth-order valence-electron chi connectivity index (χ4n) is 2.16. The van der Waals surface area contributed by atoms with Gasteiger partial charge >= 0.3 is 11.9 Å². The van der Waals surface area contributed by atoms with Gasteiger partial charge < -0.3 is 9.47 Å². The van der Waals surface area contributed by atoms with Crippen molar-refractivity contribution in [2.75, 3.05) is 13.2 Å². The van der Waals surface area contributed by atoms with Crippen molar-refractivity contribution in [2.24, 2.45) is 5.92 Å². The summed E-state index contributed by atoms with van der Waals surface area (Å²) in [5, 5.41) is 0. The molecule has 0 aromatic heterocycles. The van der Waals surface area contributed by atoms with Gasteiger partial charge in [0, 0.05) is 0 Å². The average Bonchev–Trinajstić information content (AvgIpc) is 2.52. The van der Waals surface area contributed by atoms with Gasteiger partial charge in [0.15, 0.2) is 0 Å². The van der Waals surface area contributed by atoms with Crippen molar-refractivity contribution in [2.45, 2.75) is 33.1 Å². The topological polar surface area (TPSA) is 52.6 Å². The normalized spacial score (nSPS) is 11.5. The third-order valence-corrected chi connectivity index (χ3v) is 3.29. The summed E-state index contributed by atoms with van der Waals surface area (Å²) in [6.07, 6.45) is 3.87. The number of hydrogen-bond donors (Lipinski definition) is 0. The van der Waals surface area contributed by atoms with Crippen LogP contribution >= 0.6 is 0 Å². The Kier molecular flexibility index (Phi) is 7.97. The number of carbonyl (C=O) groups excluding carboxylic acids is 2. The standard InChI is InChI=1S/C18H24O4/c1-4-7-8-16(18(20)22-6-3)13-14-9-11-15(12-10-14)17(19)21-5-2/h4,9-12,16H,1,5-8,13H2,2-3H3. The molecule has 1 rings (SSSR count). The highest BCUT2D eigenvalue weighted by Crippen LogP contribution is 2.17. The van der Waals surface area contributed by atoms with Crippen LogP contribution in [-0.4, -0.2) is 25.2 Å². The highest BCUT2D eigenvalue weighted by Gasteiger charge is 2.19. The summed E-state index contributed by atoms with van der Waals surface area (Å²) in [5.41, 5.74) is 1.51. The molecule has 22 heavy (non-hydrogen) atoms. The van der Waals surface area contributed by atoms with Crippen molar-refractivity contribution < 1.29 is 19.1 Å². The summed E-state index contributed by atoms with van der Waals surface area (Å²) in [6, 6.07) is 7.16. The summed E-state index contributed by atoms with van der Waals surface area (Å²) in [4.78, 5) is 23.6. The molecular formula is C18H24O4. The van der Waals surface area contributed by atoms with Gasteiger partial charge in [0.2, 0.25) is 0 Å². The summed E-state index contributed by atoms with van der Waals surface area (Å²) in [5.74, 6) is -0.701. The Morgan fingerprint density at radius 2 is 1.77 bits per heavy atom. The summed E-state index contributed by atoms with van der Waals surface area (Å²) in [6.45, 7) is 8.00. The van der Waals surface area contributed by atoms with Crippen LogP contribution in [0.3, 0.4) is 0 Å². The molecule has 0 spiro atoms. The van der Waals surface area contributed by atoms with E-state index in [9.17, 15) is 9.59 Å². The van der Waals surface area contributed by atoms with E-state index in [1.165, 1.54) is 0 Å². The highest BCUT2D eigenvalue weighted by atomic mass is 16.5. The lowest BCUT2D eigenvalue weighted by Crippen LogP contribution is -2.20. The Balaban J connectivity index is 2.73. The molecule has 0 bridgehead atoms. The fraction of sp³-hybridized carbons (Fsp3) is 0.444. The number of ether oxygens (including phenoxy) is 2. The van der Waals surface area contributed by atoms with Crippen LogP contribution in [0.25, 0.3) is 0 Å². The molecule has 4 heteroatoms. The summed E-state index contributed by atoms with van der Waals surface area (Å²) >= 11 is 0. The fourth-order valence-corrected chi connectivity index (χ4v) is 2.16. The number of benzene rings is 1. The van der Waals surface area contributed by atoms with Gasteiger partial charge in [0.1, 0.15) is 0 Å². The van der Waals surface area contributed by atoms with Crippen molar-refractivity contribution in [3.63, 3.8) is 0 Å². The third-order valence-electron chi connectivity index (χ3n) is 3.29. The molecular weight excluding hydrogens is 280 g/mol. The lowest BCUT2D eigenvalue weighted by Gasteiger charge is -2.15. The van der Waals surface area contributed by atoms with Crippen LogP contribution in [0.5, 0.6) is 0 Å². The zero-order valence-corrected chi connectivity index (χ0v) is 13.3. The molecule has 0 radical (unpaired) electrons. The zero-order chi connectivity index (χ0) is 16.4. The lowest BCUT2D eigenvalue weighted by atomic mass is 9.94. The maximum Gasteiger partial charge on any atom is 0.338 e. The van der Waals surface area contributed by atoms with Crippen LogP contribution in [0, 0.1) is 5.92 Å². The molecule has 0 aliphatic carbocycles. The van der Waals surface area contributed by atoms with Crippen LogP contribution < -0.4 is 0 Å². The third kappa shape index (κ3) is 5.72. The molecule has 0 heterocycles. The Hall–Kier alpha value is -2.10. The first-order valence-corrected chi connectivity index (χ1v) is 7.65. The van der Waals surface area contributed by atoms with Gasteiger partial charge in [-0.15, -0.1) is 6.58 Å². The second-order valence-electron chi connectivity index (χ2n) is 4.94. The molecule has 0 saturated heterocycles. The maximum atomic E-state index is 12.0. The smallest absolute Gasteiger partial charge is 0.338 e. The SMILES string of the molecule is C=CCCC(Cc1ccc(C(=O)OCC)cc1)C(=O)OCC. The molecule has 0 aliphatic rings. The van der Waals surface area contributed by atoms with Crippen LogP contribution in [0.15, 0.2) is 36.9 Å². The first kappa shape index (κ1) is 18.0. The van der Waals surface area contributed by atoms with E-state index in [0.29, 0.717) is 31.6 Å². The minimum atomic E-state index is -0.331. The minimum Gasteiger partial charge on any atom is -0.466 e. The van der Waals surface area contributed by atoms with Crippen LogP contribution in [0.2, 0.25) is 0 Å². The zero-order valence-electron chi connectivity index (χ0n) is 13.3. The Bertz CT molecular complexity index is 490. The second kappa shape index (κ2) is 9.77. The highest BCUT2D eigenvalue weighted by molar-refractivity contribution is 5.89. The van der Waals surface area contributed by atoms with Gasteiger partial charge in [0.25, 0.3) is 0 Å². The molecule has 120 valence electrons. The van der Waals surface area contributed by atoms with Gasteiger partial charge in [-0.1, -0.05) is 18.2 Å². The molecule has 0 fully saturated rings. The van der Waals surface area contributed by atoms with E-state index in [0.717, 1.165) is 12.0 Å². The Morgan fingerprint density at radius 3 is 2.32 bits per heavy atom. The van der Waals surface area contributed by atoms with E-state index in [1.54, 1.807) is 32.1 Å². The summed E-state index contributed by atoms with van der Waals surface area (Å²) in [7, 11) is 0. The van der Waals surface area contributed by atoms with E-state index >= 15 is 0 Å². The minimum absolute atomic E-state index is 0.182. The van der Waals surface area contributed by atoms with Gasteiger partial charge in [-0.2, -0.15) is 0 Å². The van der Waals surface area contributed by atoms with Crippen molar-refractivity contribution in [3.8, 4) is 0 Å². The van der Waals surface area contributed by atoms with E-state index in [-0.39, 0.29) is 17.9 Å². The average molecular weight is 304 g/mol. The Morgan fingerprint density at radius 1 is 1.14 bits per heavy atom. The van der Waals surface area contributed by atoms with Crippen LogP contribution in [0.1, 0.15) is 42.6 Å². The largest absolute Gasteiger partial charge is 0.466 e. The van der Waals surface area contributed by atoms with Crippen LogP contribution in [-0.2, 0) is 20.7 Å². The van der Waals surface area contributed by atoms with Gasteiger partial charge in [-0.3, -0.25) is 4.79 Å². The van der Waals surface area contributed by atoms with Crippen molar-refractivity contribution >= 4 is 11.9 Å². The quantitative estimate of drug-likeness (QED) is 0.517. The Labute approximate surface area is 132 Å². The van der Waals surface area contributed by atoms with E-state index < -0.39 is 0 Å². The maximum absolute atomic E-state index is 12.0.